The number of hydrogen-bond acceptors (Lipinski definition) is 4. The van der Waals surface area contributed by atoms with Gasteiger partial charge in [0.15, 0.2) is 0 Å². The molecule has 0 saturated carbocycles. The number of anilines is 1. The van der Waals surface area contributed by atoms with Gasteiger partial charge < -0.3 is 20.1 Å². The van der Waals surface area contributed by atoms with Crippen LogP contribution >= 0.6 is 12.4 Å². The highest BCUT2D eigenvalue weighted by atomic mass is 35.5. The van der Waals surface area contributed by atoms with Crippen molar-refractivity contribution in [2.24, 2.45) is 5.92 Å². The monoisotopic (exact) mass is 342 g/mol. The predicted octanol–water partition coefficient (Wildman–Crippen LogP) is 2.85. The van der Waals surface area contributed by atoms with Crippen molar-refractivity contribution in [1.82, 2.24) is 5.32 Å². The maximum atomic E-state index is 12.6. The molecule has 6 heteroatoms. The van der Waals surface area contributed by atoms with Crippen LogP contribution in [0.25, 0.3) is 0 Å². The van der Waals surface area contributed by atoms with Gasteiger partial charge >= 0.3 is 0 Å². The lowest BCUT2D eigenvalue weighted by Crippen LogP contribution is -2.51. The summed E-state index contributed by atoms with van der Waals surface area (Å²) in [6.07, 6.45) is 1.36. The van der Waals surface area contributed by atoms with Gasteiger partial charge in [-0.2, -0.15) is 0 Å². The Hall–Kier alpha value is -1.30. The predicted molar refractivity (Wildman–Crippen MR) is 94.5 cm³/mol. The maximum Gasteiger partial charge on any atom is 0.256 e. The summed E-state index contributed by atoms with van der Waals surface area (Å²) in [7, 11) is 1.60. The number of carbonyl (C=O) groups excluding carboxylic acids is 1. The SMILES string of the molecule is COC1(C(=O)Nc2cccc(OCC(C)C)c2)CCNCC1.Cl. The quantitative estimate of drug-likeness (QED) is 0.834. The van der Waals surface area contributed by atoms with Gasteiger partial charge in [0.25, 0.3) is 5.91 Å². The third kappa shape index (κ3) is 5.37. The van der Waals surface area contributed by atoms with Gasteiger partial charge in [0.1, 0.15) is 11.4 Å². The summed E-state index contributed by atoms with van der Waals surface area (Å²) in [5, 5.41) is 6.21. The van der Waals surface area contributed by atoms with Crippen molar-refractivity contribution in [3.8, 4) is 5.75 Å². The summed E-state index contributed by atoms with van der Waals surface area (Å²) in [4.78, 5) is 12.6. The lowest BCUT2D eigenvalue weighted by molar-refractivity contribution is -0.140. The van der Waals surface area contributed by atoms with Crippen molar-refractivity contribution in [2.75, 3.05) is 32.1 Å². The molecule has 1 aliphatic rings. The lowest BCUT2D eigenvalue weighted by Gasteiger charge is -2.34. The minimum atomic E-state index is -0.736. The van der Waals surface area contributed by atoms with E-state index in [1.807, 2.05) is 24.3 Å². The normalized spacial score (nSPS) is 16.5. The first kappa shape index (κ1) is 19.7. The molecule has 0 radical (unpaired) electrons. The number of rotatable bonds is 6. The summed E-state index contributed by atoms with van der Waals surface area (Å²) in [6.45, 7) is 6.44. The van der Waals surface area contributed by atoms with E-state index in [0.717, 1.165) is 24.5 Å². The molecule has 0 atom stereocenters. The van der Waals surface area contributed by atoms with Crippen LogP contribution in [0.1, 0.15) is 26.7 Å². The van der Waals surface area contributed by atoms with Crippen molar-refractivity contribution in [3.63, 3.8) is 0 Å². The van der Waals surface area contributed by atoms with Gasteiger partial charge in [-0.25, -0.2) is 0 Å². The van der Waals surface area contributed by atoms with Gasteiger partial charge in [0, 0.05) is 18.9 Å². The van der Waals surface area contributed by atoms with Gasteiger partial charge in [-0.15, -0.1) is 12.4 Å². The number of nitrogens with one attached hydrogen (secondary N) is 2. The Morgan fingerprint density at radius 2 is 2.04 bits per heavy atom. The van der Waals surface area contributed by atoms with Crippen LogP contribution in [0.4, 0.5) is 5.69 Å². The Labute approximate surface area is 144 Å². The highest BCUT2D eigenvalue weighted by Crippen LogP contribution is 2.25. The number of halogens is 1. The van der Waals surface area contributed by atoms with Gasteiger partial charge in [0.2, 0.25) is 0 Å². The molecule has 23 heavy (non-hydrogen) atoms. The molecule has 1 heterocycles. The van der Waals surface area contributed by atoms with Gasteiger partial charge in [0.05, 0.1) is 6.61 Å². The van der Waals surface area contributed by atoms with E-state index in [2.05, 4.69) is 24.5 Å². The first-order valence-electron chi connectivity index (χ1n) is 7.86. The molecule has 0 aliphatic carbocycles. The summed E-state index contributed by atoms with van der Waals surface area (Å²) in [5.41, 5.74) is 0.00117. The molecule has 1 amide bonds. The Bertz CT molecular complexity index is 502. The Morgan fingerprint density at radius 3 is 2.65 bits per heavy atom. The number of piperidine rings is 1. The van der Waals surface area contributed by atoms with Gasteiger partial charge in [-0.3, -0.25) is 4.79 Å². The summed E-state index contributed by atoms with van der Waals surface area (Å²) in [5.74, 6) is 1.14. The molecule has 1 fully saturated rings. The molecule has 5 nitrogen and oxygen atoms in total. The summed E-state index contributed by atoms with van der Waals surface area (Å²) < 4.78 is 11.2. The highest BCUT2D eigenvalue weighted by Gasteiger charge is 2.39. The van der Waals surface area contributed by atoms with Gasteiger partial charge in [-0.1, -0.05) is 19.9 Å². The molecule has 130 valence electrons. The zero-order chi connectivity index (χ0) is 16.0. The van der Waals surface area contributed by atoms with Crippen LogP contribution in [0, 0.1) is 5.92 Å². The molecule has 0 unspecified atom stereocenters. The van der Waals surface area contributed by atoms with Crippen molar-refractivity contribution in [3.05, 3.63) is 24.3 Å². The number of amides is 1. The molecule has 2 N–H and O–H groups in total. The van der Waals surface area contributed by atoms with E-state index in [9.17, 15) is 4.79 Å². The zero-order valence-corrected chi connectivity index (χ0v) is 14.9. The van der Waals surface area contributed by atoms with E-state index in [4.69, 9.17) is 9.47 Å². The first-order chi connectivity index (χ1) is 10.6. The molecule has 0 aromatic heterocycles. The van der Waals surface area contributed by atoms with Crippen LogP contribution in [0.5, 0.6) is 5.75 Å². The van der Waals surface area contributed by atoms with Gasteiger partial charge in [-0.05, 0) is 44.0 Å². The molecule has 1 aliphatic heterocycles. The summed E-state index contributed by atoms with van der Waals surface area (Å²) in [6, 6.07) is 7.50. The fourth-order valence-electron chi connectivity index (χ4n) is 2.53. The second kappa shape index (κ2) is 9.11. The smallest absolute Gasteiger partial charge is 0.256 e. The topological polar surface area (TPSA) is 59.6 Å². The Morgan fingerprint density at radius 1 is 1.35 bits per heavy atom. The van der Waals surface area contributed by atoms with E-state index >= 15 is 0 Å². The van der Waals surface area contributed by atoms with Crippen LogP contribution < -0.4 is 15.4 Å². The largest absolute Gasteiger partial charge is 0.493 e. The van der Waals surface area contributed by atoms with Crippen molar-refractivity contribution in [2.45, 2.75) is 32.3 Å². The molecule has 0 spiro atoms. The zero-order valence-electron chi connectivity index (χ0n) is 14.1. The van der Waals surface area contributed by atoms with E-state index < -0.39 is 5.60 Å². The average Bonchev–Trinajstić information content (AvgIpc) is 2.54. The van der Waals surface area contributed by atoms with Crippen LogP contribution in [0.3, 0.4) is 0 Å². The number of methoxy groups -OCH3 is 1. The molecule has 2 rings (SSSR count). The van der Waals surface area contributed by atoms with E-state index in [1.54, 1.807) is 7.11 Å². The van der Waals surface area contributed by atoms with Crippen LogP contribution in [0.15, 0.2) is 24.3 Å². The molecule has 1 saturated heterocycles. The second-order valence-corrected chi connectivity index (χ2v) is 6.14. The second-order valence-electron chi connectivity index (χ2n) is 6.14. The molecule has 0 bridgehead atoms. The number of benzene rings is 1. The van der Waals surface area contributed by atoms with Crippen LogP contribution in [0.2, 0.25) is 0 Å². The Kier molecular flexibility index (Phi) is 7.82. The third-order valence-electron chi connectivity index (χ3n) is 3.89. The van der Waals surface area contributed by atoms with E-state index in [1.165, 1.54) is 0 Å². The van der Waals surface area contributed by atoms with Crippen molar-refractivity contribution in [1.29, 1.82) is 0 Å². The fraction of sp³-hybridized carbons (Fsp3) is 0.588. The summed E-state index contributed by atoms with van der Waals surface area (Å²) >= 11 is 0. The van der Waals surface area contributed by atoms with Crippen molar-refractivity contribution < 1.29 is 14.3 Å². The molecular weight excluding hydrogens is 316 g/mol. The van der Waals surface area contributed by atoms with Crippen molar-refractivity contribution >= 4 is 24.0 Å². The number of hydrogen-bond donors (Lipinski definition) is 2. The molecule has 1 aromatic rings. The molecular formula is C17H27ClN2O3. The fourth-order valence-corrected chi connectivity index (χ4v) is 2.53. The number of carbonyl (C=O) groups is 1. The van der Waals surface area contributed by atoms with E-state index in [0.29, 0.717) is 25.4 Å². The molecule has 1 aromatic carbocycles. The number of ether oxygens (including phenoxy) is 2. The lowest BCUT2D eigenvalue weighted by atomic mass is 9.91. The first-order valence-corrected chi connectivity index (χ1v) is 7.86. The van der Waals surface area contributed by atoms with Crippen LogP contribution in [-0.2, 0) is 9.53 Å². The maximum absolute atomic E-state index is 12.6. The highest BCUT2D eigenvalue weighted by molar-refractivity contribution is 5.97. The van der Waals surface area contributed by atoms with Crippen LogP contribution in [-0.4, -0.2) is 38.3 Å². The minimum absolute atomic E-state index is 0. The van der Waals surface area contributed by atoms with E-state index in [-0.39, 0.29) is 18.3 Å². The minimum Gasteiger partial charge on any atom is -0.493 e. The standard InChI is InChI=1S/C17H26N2O3.ClH/c1-13(2)12-22-15-6-4-5-14(11-15)19-16(20)17(21-3)7-9-18-10-8-17;/h4-6,11,13,18H,7-10,12H2,1-3H3,(H,19,20);1H. The Balaban J connectivity index is 0.00000264. The average molecular weight is 343 g/mol. The third-order valence-corrected chi connectivity index (χ3v) is 3.89.